The maximum atomic E-state index is 12.8. The maximum absolute atomic E-state index is 12.8. The van der Waals surface area contributed by atoms with Gasteiger partial charge >= 0.3 is 0 Å². The van der Waals surface area contributed by atoms with Crippen molar-refractivity contribution in [3.8, 4) is 0 Å². The number of amides is 1. The number of rotatable bonds is 40. The number of unbranched alkanes of at least 4 members (excludes halogenated alkanes) is 25. The minimum Gasteiger partial charge on any atom is -0.756 e. The molecule has 0 aromatic carbocycles. The molecule has 8 nitrogen and oxygen atoms in total. The lowest BCUT2D eigenvalue weighted by molar-refractivity contribution is -0.870. The van der Waals surface area contributed by atoms with Crippen molar-refractivity contribution in [3.05, 3.63) is 12.2 Å². The molecule has 0 aliphatic carbocycles. The summed E-state index contributed by atoms with van der Waals surface area (Å²) in [6.07, 6.45) is 39.2. The van der Waals surface area contributed by atoms with Gasteiger partial charge in [0.15, 0.2) is 0 Å². The second kappa shape index (κ2) is 35.9. The van der Waals surface area contributed by atoms with Crippen molar-refractivity contribution >= 4 is 13.7 Å². The minimum atomic E-state index is -4.56. The van der Waals surface area contributed by atoms with Gasteiger partial charge in [0.25, 0.3) is 7.82 Å². The first kappa shape index (κ1) is 51.2. The molecule has 0 spiro atoms. The van der Waals surface area contributed by atoms with Gasteiger partial charge in [-0.15, -0.1) is 0 Å². The van der Waals surface area contributed by atoms with Gasteiger partial charge in [0.2, 0.25) is 5.91 Å². The molecule has 0 aliphatic heterocycles. The molecular formula is C43H87N2O6P. The normalized spacial score (nSPS) is 14.5. The van der Waals surface area contributed by atoms with Crippen molar-refractivity contribution in [1.82, 2.24) is 5.32 Å². The fourth-order valence-electron chi connectivity index (χ4n) is 6.45. The van der Waals surface area contributed by atoms with Gasteiger partial charge in [-0.25, -0.2) is 0 Å². The lowest BCUT2D eigenvalue weighted by atomic mass is 10.0. The largest absolute Gasteiger partial charge is 0.756 e. The van der Waals surface area contributed by atoms with E-state index in [4.69, 9.17) is 9.05 Å². The third-order valence-electron chi connectivity index (χ3n) is 10.0. The Balaban J connectivity index is 4.34. The Hall–Kier alpha value is -0.760. The highest BCUT2D eigenvalue weighted by Crippen LogP contribution is 2.38. The van der Waals surface area contributed by atoms with Crippen LogP contribution >= 0.6 is 7.82 Å². The van der Waals surface area contributed by atoms with E-state index in [1.54, 1.807) is 0 Å². The Morgan fingerprint density at radius 3 is 1.50 bits per heavy atom. The molecule has 0 saturated carbocycles. The first-order valence-corrected chi connectivity index (χ1v) is 23.5. The van der Waals surface area contributed by atoms with Crippen molar-refractivity contribution in [2.24, 2.45) is 0 Å². The Morgan fingerprint density at radius 1 is 0.654 bits per heavy atom. The highest BCUT2D eigenvalue weighted by Gasteiger charge is 2.24. The van der Waals surface area contributed by atoms with E-state index in [-0.39, 0.29) is 19.1 Å². The molecule has 0 fully saturated rings. The first-order chi connectivity index (χ1) is 25.0. The smallest absolute Gasteiger partial charge is 0.268 e. The van der Waals surface area contributed by atoms with Crippen LogP contribution < -0.4 is 10.2 Å². The lowest BCUT2D eigenvalue weighted by Gasteiger charge is -2.30. The first-order valence-electron chi connectivity index (χ1n) is 22.0. The summed E-state index contributed by atoms with van der Waals surface area (Å²) in [5.74, 6) is -0.173. The van der Waals surface area contributed by atoms with Crippen LogP contribution in [0.5, 0.6) is 0 Å². The molecule has 3 unspecified atom stereocenters. The number of allylic oxidation sites excluding steroid dienone is 2. The molecule has 2 N–H and O–H groups in total. The standard InChI is InChI=1S/C43H87N2O6P/c1-6-8-10-12-14-16-18-20-21-22-23-24-25-27-29-31-33-35-37-43(47)44-41(40-51-52(48,49)50-39-38-45(3,4)5)42(46)36-34-32-30-28-26-19-17-15-13-11-9-7-2/h23-24,41-42,46H,6-22,25-40H2,1-5H3,(H-,44,47,48,49)/b24-23-. The molecular weight excluding hydrogens is 671 g/mol. The zero-order valence-electron chi connectivity index (χ0n) is 35.0. The van der Waals surface area contributed by atoms with E-state index in [2.05, 4.69) is 31.3 Å². The Labute approximate surface area is 322 Å². The molecule has 0 aliphatic rings. The topological polar surface area (TPSA) is 108 Å². The van der Waals surface area contributed by atoms with Crippen molar-refractivity contribution in [2.75, 3.05) is 40.9 Å². The molecule has 0 saturated heterocycles. The van der Waals surface area contributed by atoms with Crippen LogP contribution in [0, 0.1) is 0 Å². The van der Waals surface area contributed by atoms with Crippen LogP contribution in [-0.2, 0) is 18.4 Å². The average Bonchev–Trinajstić information content (AvgIpc) is 3.09. The number of hydrogen-bond donors (Lipinski definition) is 2. The molecule has 0 radical (unpaired) electrons. The number of aliphatic hydroxyl groups excluding tert-OH is 1. The third-order valence-corrected chi connectivity index (χ3v) is 11.0. The number of nitrogens with one attached hydrogen (secondary N) is 1. The molecule has 0 heterocycles. The number of quaternary nitrogens is 1. The van der Waals surface area contributed by atoms with Crippen LogP contribution in [0.1, 0.15) is 206 Å². The third kappa shape index (κ3) is 37.6. The van der Waals surface area contributed by atoms with Crippen LogP contribution in [0.4, 0.5) is 0 Å². The van der Waals surface area contributed by atoms with Crippen LogP contribution in [-0.4, -0.2) is 68.5 Å². The minimum absolute atomic E-state index is 0.0123. The molecule has 0 aromatic heterocycles. The molecule has 0 aromatic rings. The number of nitrogens with zero attached hydrogens (tertiary/aromatic N) is 1. The van der Waals surface area contributed by atoms with E-state index in [0.29, 0.717) is 23.9 Å². The maximum Gasteiger partial charge on any atom is 0.268 e. The van der Waals surface area contributed by atoms with Crippen molar-refractivity contribution < 1.29 is 32.9 Å². The summed E-state index contributed by atoms with van der Waals surface area (Å²) in [5, 5.41) is 13.9. The summed E-state index contributed by atoms with van der Waals surface area (Å²) < 4.78 is 23.2. The highest BCUT2D eigenvalue weighted by molar-refractivity contribution is 7.45. The average molecular weight is 759 g/mol. The SMILES string of the molecule is CCCCCCCCCCC/C=C\CCCCCCCC(=O)NC(COP(=O)([O-])OCC[N+](C)(C)C)C(O)CCCCCCCCCCCCCC. The molecule has 9 heteroatoms. The molecule has 3 atom stereocenters. The summed E-state index contributed by atoms with van der Waals surface area (Å²) in [5.41, 5.74) is 0. The lowest BCUT2D eigenvalue weighted by Crippen LogP contribution is -2.46. The zero-order valence-corrected chi connectivity index (χ0v) is 35.9. The predicted molar refractivity (Wildman–Crippen MR) is 219 cm³/mol. The van der Waals surface area contributed by atoms with Crippen molar-refractivity contribution in [3.63, 3.8) is 0 Å². The number of carbonyl (C=O) groups is 1. The summed E-state index contributed by atoms with van der Waals surface area (Å²) in [6, 6.07) is -0.799. The molecule has 310 valence electrons. The Kier molecular flexibility index (Phi) is 35.4. The van der Waals surface area contributed by atoms with Crippen molar-refractivity contribution in [2.45, 2.75) is 219 Å². The quantitative estimate of drug-likeness (QED) is 0.0279. The predicted octanol–water partition coefficient (Wildman–Crippen LogP) is 11.3. The summed E-state index contributed by atoms with van der Waals surface area (Å²) >= 11 is 0. The van der Waals surface area contributed by atoms with E-state index in [1.807, 2.05) is 21.1 Å². The summed E-state index contributed by atoms with van der Waals surface area (Å²) in [4.78, 5) is 25.3. The van der Waals surface area contributed by atoms with Gasteiger partial charge in [-0.05, 0) is 38.5 Å². The van der Waals surface area contributed by atoms with E-state index in [9.17, 15) is 19.4 Å². The van der Waals surface area contributed by atoms with E-state index in [1.165, 1.54) is 128 Å². The fraction of sp³-hybridized carbons (Fsp3) is 0.930. The van der Waals surface area contributed by atoms with E-state index in [0.717, 1.165) is 51.4 Å². The van der Waals surface area contributed by atoms with Crippen LogP contribution in [0.15, 0.2) is 12.2 Å². The Bertz CT molecular complexity index is 865. The highest BCUT2D eigenvalue weighted by atomic mass is 31.2. The van der Waals surface area contributed by atoms with Gasteiger partial charge in [0.1, 0.15) is 13.2 Å². The van der Waals surface area contributed by atoms with Crippen LogP contribution in [0.25, 0.3) is 0 Å². The van der Waals surface area contributed by atoms with Crippen LogP contribution in [0.2, 0.25) is 0 Å². The van der Waals surface area contributed by atoms with Gasteiger partial charge in [-0.2, -0.15) is 0 Å². The Morgan fingerprint density at radius 2 is 1.06 bits per heavy atom. The number of carbonyl (C=O) groups excluding carboxylic acids is 1. The second-order valence-corrected chi connectivity index (χ2v) is 17.8. The molecule has 1 amide bonds. The van der Waals surface area contributed by atoms with Gasteiger partial charge in [-0.3, -0.25) is 9.36 Å². The molecule has 0 bridgehead atoms. The second-order valence-electron chi connectivity index (χ2n) is 16.4. The number of aliphatic hydroxyl groups is 1. The zero-order chi connectivity index (χ0) is 38.6. The molecule has 0 rings (SSSR count). The van der Waals surface area contributed by atoms with Crippen molar-refractivity contribution in [1.29, 1.82) is 0 Å². The number of phosphoric acid groups is 1. The van der Waals surface area contributed by atoms with Crippen LogP contribution in [0.3, 0.4) is 0 Å². The number of likely N-dealkylation sites (N-methyl/N-ethyl adjacent to an activating group) is 1. The monoisotopic (exact) mass is 759 g/mol. The fourth-order valence-corrected chi connectivity index (χ4v) is 7.17. The number of phosphoric ester groups is 1. The summed E-state index contributed by atoms with van der Waals surface area (Å²) in [7, 11) is 1.30. The van der Waals surface area contributed by atoms with Gasteiger partial charge in [0.05, 0.1) is 39.9 Å². The van der Waals surface area contributed by atoms with E-state index < -0.39 is 20.0 Å². The molecule has 52 heavy (non-hydrogen) atoms. The summed E-state index contributed by atoms with van der Waals surface area (Å²) in [6.45, 7) is 4.71. The van der Waals surface area contributed by atoms with Gasteiger partial charge in [0, 0.05) is 6.42 Å². The van der Waals surface area contributed by atoms with Gasteiger partial charge < -0.3 is 28.8 Å². The number of hydrogen-bond acceptors (Lipinski definition) is 6. The van der Waals surface area contributed by atoms with E-state index >= 15 is 0 Å². The van der Waals surface area contributed by atoms with Gasteiger partial charge in [-0.1, -0.05) is 174 Å².